The van der Waals surface area contributed by atoms with Crippen LogP contribution in [0.4, 0.5) is 0 Å². The van der Waals surface area contributed by atoms with Gasteiger partial charge in [-0.25, -0.2) is 0 Å². The second-order valence-corrected chi connectivity index (χ2v) is 8.56. The maximum absolute atomic E-state index is 13.0. The van der Waals surface area contributed by atoms with E-state index in [0.717, 1.165) is 11.3 Å². The normalized spacial score (nSPS) is 13.2. The Kier molecular flexibility index (Phi) is 6.71. The monoisotopic (exact) mass is 419 g/mol. The molecule has 164 valence electrons. The molecule has 2 aromatic carbocycles. The van der Waals surface area contributed by atoms with Crippen LogP contribution in [0.3, 0.4) is 0 Å². The Bertz CT molecular complexity index is 1050. The van der Waals surface area contributed by atoms with E-state index < -0.39 is 12.1 Å². The fourth-order valence-corrected chi connectivity index (χ4v) is 4.10. The second-order valence-electron chi connectivity index (χ2n) is 8.56. The number of hydrogen-bond acceptors (Lipinski definition) is 3. The molecule has 2 atom stereocenters. The number of hydrogen-bond donors (Lipinski definition) is 1. The molecule has 0 saturated carbocycles. The molecule has 0 radical (unpaired) electrons. The highest BCUT2D eigenvalue weighted by Crippen LogP contribution is 2.29. The number of aliphatic hydroxyl groups excluding tert-OH is 1. The molecule has 0 bridgehead atoms. The maximum atomic E-state index is 13.0. The number of carbonyl (C=O) groups excluding carboxylic acids is 1. The SMILES string of the molecule is Cc1c(C)c(C)c(Cc2ccc(C(=O)N(C)[C@H](C)[C@H](O)c3ccccc3)o2)c(C)c1C. The van der Waals surface area contributed by atoms with E-state index in [9.17, 15) is 9.90 Å². The van der Waals surface area contributed by atoms with Crippen molar-refractivity contribution in [2.75, 3.05) is 7.05 Å². The molecule has 0 aliphatic rings. The Balaban J connectivity index is 1.79. The van der Waals surface area contributed by atoms with Crippen molar-refractivity contribution in [1.29, 1.82) is 0 Å². The highest BCUT2D eigenvalue weighted by atomic mass is 16.4. The third kappa shape index (κ3) is 4.45. The molecule has 0 aliphatic heterocycles. The average molecular weight is 420 g/mol. The van der Waals surface area contributed by atoms with Crippen molar-refractivity contribution in [1.82, 2.24) is 4.90 Å². The van der Waals surface area contributed by atoms with Crippen LogP contribution in [0.1, 0.15) is 68.3 Å². The molecule has 3 aromatic rings. The van der Waals surface area contributed by atoms with Crippen LogP contribution in [0.5, 0.6) is 0 Å². The van der Waals surface area contributed by atoms with Crippen molar-refractivity contribution in [2.45, 2.75) is 60.1 Å². The van der Waals surface area contributed by atoms with E-state index in [4.69, 9.17) is 4.42 Å². The molecular weight excluding hydrogens is 386 g/mol. The fraction of sp³-hybridized carbons (Fsp3) is 0.370. The van der Waals surface area contributed by atoms with E-state index in [1.165, 1.54) is 38.3 Å². The predicted molar refractivity (Wildman–Crippen MR) is 125 cm³/mol. The van der Waals surface area contributed by atoms with Gasteiger partial charge in [0.15, 0.2) is 5.76 Å². The van der Waals surface area contributed by atoms with Crippen LogP contribution in [0, 0.1) is 34.6 Å². The van der Waals surface area contributed by atoms with E-state index in [1.54, 1.807) is 13.1 Å². The van der Waals surface area contributed by atoms with Gasteiger partial charge < -0.3 is 14.4 Å². The Labute approximate surface area is 185 Å². The molecule has 4 nitrogen and oxygen atoms in total. The summed E-state index contributed by atoms with van der Waals surface area (Å²) in [5, 5.41) is 10.7. The van der Waals surface area contributed by atoms with Crippen LogP contribution in [0.15, 0.2) is 46.9 Å². The highest BCUT2D eigenvalue weighted by Gasteiger charge is 2.26. The van der Waals surface area contributed by atoms with E-state index in [0.29, 0.717) is 12.2 Å². The molecule has 3 rings (SSSR count). The molecule has 1 heterocycles. The summed E-state index contributed by atoms with van der Waals surface area (Å²) in [7, 11) is 1.70. The largest absolute Gasteiger partial charge is 0.456 e. The van der Waals surface area contributed by atoms with Gasteiger partial charge in [0.2, 0.25) is 0 Å². The van der Waals surface area contributed by atoms with Gasteiger partial charge in [0.25, 0.3) is 5.91 Å². The number of aliphatic hydroxyl groups is 1. The Morgan fingerprint density at radius 1 is 0.903 bits per heavy atom. The van der Waals surface area contributed by atoms with Crippen LogP contribution in [0.25, 0.3) is 0 Å². The standard InChI is InChI=1S/C27H33NO3/c1-16-17(2)19(4)24(20(5)18(16)3)15-23-13-14-25(31-23)27(30)28(7)21(6)26(29)22-11-9-8-10-12-22/h8-14,21,26,29H,15H2,1-7H3/t21-,26+/m1/s1. The number of furan rings is 1. The van der Waals surface area contributed by atoms with E-state index >= 15 is 0 Å². The third-order valence-corrected chi connectivity index (χ3v) is 6.91. The predicted octanol–water partition coefficient (Wildman–Crippen LogP) is 5.61. The lowest BCUT2D eigenvalue weighted by Crippen LogP contribution is -2.38. The first-order chi connectivity index (χ1) is 14.6. The number of carbonyl (C=O) groups is 1. The minimum absolute atomic E-state index is 0.238. The zero-order valence-electron chi connectivity index (χ0n) is 19.6. The summed E-state index contributed by atoms with van der Waals surface area (Å²) in [6.07, 6.45) is -0.118. The van der Waals surface area contributed by atoms with Gasteiger partial charge in [-0.1, -0.05) is 30.3 Å². The first kappa shape index (κ1) is 22.8. The Hall–Kier alpha value is -2.85. The third-order valence-electron chi connectivity index (χ3n) is 6.91. The van der Waals surface area contributed by atoms with Crippen molar-refractivity contribution >= 4 is 5.91 Å². The molecule has 1 aromatic heterocycles. The summed E-state index contributed by atoms with van der Waals surface area (Å²) < 4.78 is 5.95. The van der Waals surface area contributed by atoms with Gasteiger partial charge in [0.1, 0.15) is 5.76 Å². The van der Waals surface area contributed by atoms with Crippen molar-refractivity contribution in [3.8, 4) is 0 Å². The highest BCUT2D eigenvalue weighted by molar-refractivity contribution is 5.91. The summed E-state index contributed by atoms with van der Waals surface area (Å²) in [6.45, 7) is 12.6. The van der Waals surface area contributed by atoms with Gasteiger partial charge in [-0.3, -0.25) is 4.79 Å². The van der Waals surface area contributed by atoms with Crippen molar-refractivity contribution in [2.24, 2.45) is 0 Å². The molecule has 0 unspecified atom stereocenters. The molecule has 1 amide bonds. The number of benzene rings is 2. The van der Waals surface area contributed by atoms with Gasteiger partial charge in [0, 0.05) is 13.5 Å². The van der Waals surface area contributed by atoms with E-state index in [2.05, 4.69) is 34.6 Å². The van der Waals surface area contributed by atoms with Gasteiger partial charge >= 0.3 is 0 Å². The molecule has 0 fully saturated rings. The molecule has 0 spiro atoms. The summed E-state index contributed by atoms with van der Waals surface area (Å²) >= 11 is 0. The minimum Gasteiger partial charge on any atom is -0.456 e. The Morgan fingerprint density at radius 3 is 2.03 bits per heavy atom. The molecule has 0 saturated heterocycles. The number of nitrogens with zero attached hydrogens (tertiary/aromatic N) is 1. The quantitative estimate of drug-likeness (QED) is 0.565. The second kappa shape index (κ2) is 9.11. The topological polar surface area (TPSA) is 53.7 Å². The van der Waals surface area contributed by atoms with Gasteiger partial charge in [-0.2, -0.15) is 0 Å². The first-order valence-electron chi connectivity index (χ1n) is 10.8. The van der Waals surface area contributed by atoms with Crippen LogP contribution < -0.4 is 0 Å². The minimum atomic E-state index is -0.770. The summed E-state index contributed by atoms with van der Waals surface area (Å²) in [6, 6.07) is 12.6. The number of likely N-dealkylation sites (N-methyl/N-ethyl adjacent to an activating group) is 1. The van der Waals surface area contributed by atoms with Gasteiger partial charge in [0.05, 0.1) is 12.1 Å². The summed E-state index contributed by atoms with van der Waals surface area (Å²) in [5.41, 5.74) is 8.56. The Morgan fingerprint density at radius 2 is 1.45 bits per heavy atom. The molecule has 31 heavy (non-hydrogen) atoms. The van der Waals surface area contributed by atoms with Crippen molar-refractivity contribution in [3.63, 3.8) is 0 Å². The number of rotatable bonds is 6. The van der Waals surface area contributed by atoms with E-state index in [-0.39, 0.29) is 5.91 Å². The fourth-order valence-electron chi connectivity index (χ4n) is 4.10. The molecular formula is C27H33NO3. The average Bonchev–Trinajstić information content (AvgIpc) is 3.26. The van der Waals surface area contributed by atoms with Gasteiger partial charge in [-0.05, 0) is 92.6 Å². The zero-order chi connectivity index (χ0) is 22.9. The van der Waals surface area contributed by atoms with Crippen LogP contribution in [0.2, 0.25) is 0 Å². The molecule has 0 aliphatic carbocycles. The summed E-state index contributed by atoms with van der Waals surface area (Å²) in [5.74, 6) is 0.820. The summed E-state index contributed by atoms with van der Waals surface area (Å²) in [4.78, 5) is 14.5. The van der Waals surface area contributed by atoms with Gasteiger partial charge in [-0.15, -0.1) is 0 Å². The zero-order valence-corrected chi connectivity index (χ0v) is 19.6. The van der Waals surface area contributed by atoms with Crippen molar-refractivity contribution < 1.29 is 14.3 Å². The van der Waals surface area contributed by atoms with E-state index in [1.807, 2.05) is 43.3 Å². The van der Waals surface area contributed by atoms with Crippen LogP contribution in [-0.2, 0) is 6.42 Å². The maximum Gasteiger partial charge on any atom is 0.289 e. The lowest BCUT2D eigenvalue weighted by atomic mass is 9.88. The molecule has 1 N–H and O–H groups in total. The molecule has 4 heteroatoms. The van der Waals surface area contributed by atoms with Crippen LogP contribution in [-0.4, -0.2) is 29.0 Å². The lowest BCUT2D eigenvalue weighted by Gasteiger charge is -2.28. The lowest BCUT2D eigenvalue weighted by molar-refractivity contribution is 0.0460. The van der Waals surface area contributed by atoms with Crippen LogP contribution >= 0.6 is 0 Å². The first-order valence-corrected chi connectivity index (χ1v) is 10.8. The number of amides is 1. The van der Waals surface area contributed by atoms with Crippen molar-refractivity contribution in [3.05, 3.63) is 92.9 Å². The smallest absolute Gasteiger partial charge is 0.289 e.